The molecule has 0 aromatic carbocycles. The molecule has 0 aliphatic rings. The minimum atomic E-state index is -2.50. The molecule has 1 amide bonds. The van der Waals surface area contributed by atoms with Gasteiger partial charge < -0.3 is 18.6 Å². The van der Waals surface area contributed by atoms with Crippen molar-refractivity contribution in [1.82, 2.24) is 5.32 Å². The summed E-state index contributed by atoms with van der Waals surface area (Å²) in [4.78, 5) is 11.7. The van der Waals surface area contributed by atoms with Crippen molar-refractivity contribution in [3.8, 4) is 0 Å². The Morgan fingerprint density at radius 3 is 2.22 bits per heavy atom. The van der Waals surface area contributed by atoms with Crippen LogP contribution in [0.4, 0.5) is 0 Å². The Balaban J connectivity index is 3.50. The SMILES string of the molecule is CCCCCCC[CH]CCC(=O)NCCC[Si](OC)(OC)OC. The van der Waals surface area contributed by atoms with E-state index in [4.69, 9.17) is 13.3 Å². The third kappa shape index (κ3) is 11.7. The van der Waals surface area contributed by atoms with Gasteiger partial charge in [0.05, 0.1) is 0 Å². The first-order valence-electron chi connectivity index (χ1n) is 8.88. The minimum absolute atomic E-state index is 0.117. The molecule has 0 unspecified atom stereocenters. The molecule has 0 rings (SSSR count). The number of unbranched alkanes of at least 4 members (excludes halogenated alkanes) is 7. The van der Waals surface area contributed by atoms with E-state index < -0.39 is 8.80 Å². The van der Waals surface area contributed by atoms with E-state index in [2.05, 4.69) is 18.7 Å². The molecule has 0 saturated carbocycles. The molecule has 1 N–H and O–H groups in total. The number of hydrogen-bond acceptors (Lipinski definition) is 4. The van der Waals surface area contributed by atoms with Crippen LogP contribution < -0.4 is 5.32 Å². The molecule has 6 heteroatoms. The van der Waals surface area contributed by atoms with Crippen molar-refractivity contribution in [2.45, 2.75) is 70.8 Å². The summed E-state index contributed by atoms with van der Waals surface area (Å²) in [6.45, 7) is 2.87. The van der Waals surface area contributed by atoms with Gasteiger partial charge in [0.15, 0.2) is 0 Å². The van der Waals surface area contributed by atoms with Gasteiger partial charge in [0.2, 0.25) is 5.91 Å². The maximum atomic E-state index is 11.7. The van der Waals surface area contributed by atoms with Gasteiger partial charge in [-0.15, -0.1) is 0 Å². The lowest BCUT2D eigenvalue weighted by Crippen LogP contribution is -2.43. The number of nitrogens with one attached hydrogen (secondary N) is 1. The number of carbonyl (C=O) groups is 1. The number of amides is 1. The zero-order valence-electron chi connectivity index (χ0n) is 15.5. The molecular weight excluding hydrogens is 310 g/mol. The lowest BCUT2D eigenvalue weighted by molar-refractivity contribution is -0.121. The first-order valence-corrected chi connectivity index (χ1v) is 10.8. The third-order valence-electron chi connectivity index (χ3n) is 4.00. The summed E-state index contributed by atoms with van der Waals surface area (Å²) in [6.07, 6.45) is 12.1. The zero-order valence-corrected chi connectivity index (χ0v) is 16.5. The van der Waals surface area contributed by atoms with E-state index in [0.717, 1.165) is 19.3 Å². The van der Waals surface area contributed by atoms with E-state index in [9.17, 15) is 4.79 Å². The molecule has 0 aliphatic heterocycles. The second kappa shape index (κ2) is 15.1. The Bertz CT molecular complexity index is 278. The number of hydrogen-bond donors (Lipinski definition) is 1. The normalized spacial score (nSPS) is 11.7. The monoisotopic (exact) mass is 346 g/mol. The molecule has 0 aromatic heterocycles. The molecule has 137 valence electrons. The second-order valence-electron chi connectivity index (χ2n) is 5.78. The predicted octanol–water partition coefficient (Wildman–Crippen LogP) is 3.72. The Morgan fingerprint density at radius 1 is 0.957 bits per heavy atom. The maximum Gasteiger partial charge on any atom is 0.500 e. The van der Waals surface area contributed by atoms with Crippen LogP contribution in [0.15, 0.2) is 0 Å². The molecule has 0 aromatic rings. The van der Waals surface area contributed by atoms with Gasteiger partial charge in [-0.2, -0.15) is 0 Å². The fourth-order valence-electron chi connectivity index (χ4n) is 2.45. The van der Waals surface area contributed by atoms with Gasteiger partial charge in [0.25, 0.3) is 0 Å². The second-order valence-corrected chi connectivity index (χ2v) is 8.87. The molecule has 0 bridgehead atoms. The molecular formula is C17H36NO4Si. The molecule has 5 nitrogen and oxygen atoms in total. The number of rotatable bonds is 16. The van der Waals surface area contributed by atoms with Gasteiger partial charge in [-0.05, 0) is 19.3 Å². The van der Waals surface area contributed by atoms with E-state index in [1.165, 1.54) is 32.1 Å². The van der Waals surface area contributed by atoms with Crippen molar-refractivity contribution >= 4 is 14.7 Å². The Hall–Kier alpha value is -0.433. The van der Waals surface area contributed by atoms with Crippen LogP contribution in [0.25, 0.3) is 0 Å². The highest BCUT2D eigenvalue weighted by molar-refractivity contribution is 6.60. The van der Waals surface area contributed by atoms with Crippen molar-refractivity contribution in [1.29, 1.82) is 0 Å². The van der Waals surface area contributed by atoms with Crippen LogP contribution in [0.2, 0.25) is 6.04 Å². The summed E-state index contributed by atoms with van der Waals surface area (Å²) in [5.74, 6) is 0.117. The van der Waals surface area contributed by atoms with Crippen LogP contribution in [0.3, 0.4) is 0 Å². The first-order chi connectivity index (χ1) is 11.1. The van der Waals surface area contributed by atoms with E-state index in [1.54, 1.807) is 21.3 Å². The fraction of sp³-hybridized carbons (Fsp3) is 0.882. The third-order valence-corrected chi connectivity index (χ3v) is 6.83. The van der Waals surface area contributed by atoms with Crippen molar-refractivity contribution in [3.63, 3.8) is 0 Å². The summed E-state index contributed by atoms with van der Waals surface area (Å²) < 4.78 is 16.0. The standard InChI is InChI=1S/C17H36NO4Si/c1-5-6-7-8-9-10-11-12-14-17(19)18-15-13-16-23(20-2,21-3)22-4/h11H,5-10,12-16H2,1-4H3,(H,18,19). The van der Waals surface area contributed by atoms with E-state index in [-0.39, 0.29) is 5.91 Å². The molecule has 0 saturated heterocycles. The average molecular weight is 347 g/mol. The van der Waals surface area contributed by atoms with Crippen molar-refractivity contribution in [2.75, 3.05) is 27.9 Å². The fourth-order valence-corrected chi connectivity index (χ4v) is 4.17. The Kier molecular flexibility index (Phi) is 14.8. The van der Waals surface area contributed by atoms with Gasteiger partial charge in [-0.3, -0.25) is 4.79 Å². The lowest BCUT2D eigenvalue weighted by atomic mass is 10.1. The van der Waals surface area contributed by atoms with Crippen LogP contribution in [-0.4, -0.2) is 42.6 Å². The molecule has 0 heterocycles. The van der Waals surface area contributed by atoms with Gasteiger partial charge in [-0.1, -0.05) is 45.4 Å². The quantitative estimate of drug-likeness (QED) is 0.342. The molecule has 23 heavy (non-hydrogen) atoms. The smallest absolute Gasteiger partial charge is 0.377 e. The average Bonchev–Trinajstić information content (AvgIpc) is 2.58. The topological polar surface area (TPSA) is 56.8 Å². The van der Waals surface area contributed by atoms with Crippen LogP contribution in [0.5, 0.6) is 0 Å². The van der Waals surface area contributed by atoms with E-state index in [1.807, 2.05) is 0 Å². The zero-order chi connectivity index (χ0) is 17.4. The van der Waals surface area contributed by atoms with Gasteiger partial charge in [0.1, 0.15) is 0 Å². The maximum absolute atomic E-state index is 11.7. The molecule has 0 spiro atoms. The minimum Gasteiger partial charge on any atom is -0.377 e. The van der Waals surface area contributed by atoms with Gasteiger partial charge in [-0.25, -0.2) is 0 Å². The summed E-state index contributed by atoms with van der Waals surface area (Å²) in [5.41, 5.74) is 0. The first kappa shape index (κ1) is 22.6. The summed E-state index contributed by atoms with van der Waals surface area (Å²) in [7, 11) is 2.32. The highest BCUT2D eigenvalue weighted by Gasteiger charge is 2.36. The Labute approximate surface area is 143 Å². The summed E-state index contributed by atoms with van der Waals surface area (Å²) >= 11 is 0. The van der Waals surface area contributed by atoms with Crippen LogP contribution >= 0.6 is 0 Å². The lowest BCUT2D eigenvalue weighted by Gasteiger charge is -2.24. The molecule has 0 aliphatic carbocycles. The highest BCUT2D eigenvalue weighted by atomic mass is 28.4. The molecule has 1 radical (unpaired) electrons. The van der Waals surface area contributed by atoms with E-state index >= 15 is 0 Å². The van der Waals surface area contributed by atoms with Crippen molar-refractivity contribution in [2.24, 2.45) is 0 Å². The van der Waals surface area contributed by atoms with Crippen LogP contribution in [0, 0.1) is 6.42 Å². The Morgan fingerprint density at radius 2 is 1.61 bits per heavy atom. The van der Waals surface area contributed by atoms with Crippen molar-refractivity contribution < 1.29 is 18.1 Å². The summed E-state index contributed by atoms with van der Waals surface area (Å²) in [6, 6.07) is 0.709. The van der Waals surface area contributed by atoms with Crippen LogP contribution in [0.1, 0.15) is 64.7 Å². The van der Waals surface area contributed by atoms with Gasteiger partial charge >= 0.3 is 8.80 Å². The van der Waals surface area contributed by atoms with Crippen LogP contribution in [-0.2, 0) is 18.1 Å². The van der Waals surface area contributed by atoms with Gasteiger partial charge in [0, 0.05) is 40.3 Å². The number of carbonyl (C=O) groups excluding carboxylic acids is 1. The summed E-state index contributed by atoms with van der Waals surface area (Å²) in [5, 5.41) is 2.94. The largest absolute Gasteiger partial charge is 0.500 e. The van der Waals surface area contributed by atoms with E-state index in [0.29, 0.717) is 19.0 Å². The molecule has 0 atom stereocenters. The predicted molar refractivity (Wildman–Crippen MR) is 96.1 cm³/mol. The molecule has 0 fully saturated rings. The highest BCUT2D eigenvalue weighted by Crippen LogP contribution is 2.14. The van der Waals surface area contributed by atoms with Crippen molar-refractivity contribution in [3.05, 3.63) is 6.42 Å².